The first-order valence-electron chi connectivity index (χ1n) is 8.29. The van der Waals surface area contributed by atoms with Crippen LogP contribution in [0.4, 0.5) is 0 Å². The summed E-state index contributed by atoms with van der Waals surface area (Å²) in [5, 5.41) is 0. The van der Waals surface area contributed by atoms with Crippen LogP contribution in [0.15, 0.2) is 24.3 Å². The van der Waals surface area contributed by atoms with Gasteiger partial charge in [0.25, 0.3) is 0 Å². The zero-order valence-corrected chi connectivity index (χ0v) is 15.9. The summed E-state index contributed by atoms with van der Waals surface area (Å²) >= 11 is 0. The van der Waals surface area contributed by atoms with Crippen molar-refractivity contribution in [1.82, 2.24) is 0 Å². The van der Waals surface area contributed by atoms with E-state index in [4.69, 9.17) is 23.7 Å². The van der Waals surface area contributed by atoms with Gasteiger partial charge in [-0.2, -0.15) is 0 Å². The third-order valence-electron chi connectivity index (χ3n) is 3.47. The van der Waals surface area contributed by atoms with Crippen LogP contribution >= 0.6 is 0 Å². The average molecular weight is 366 g/mol. The number of allylic oxidation sites excluding steroid dienone is 1. The summed E-state index contributed by atoms with van der Waals surface area (Å²) in [5.41, 5.74) is 0.567. The molecule has 0 amide bonds. The third-order valence-corrected chi connectivity index (χ3v) is 3.47. The Bertz CT molecular complexity index is 612. The largest absolute Gasteiger partial charge is 0.493 e. The van der Waals surface area contributed by atoms with Crippen molar-refractivity contribution in [2.45, 2.75) is 32.8 Å². The summed E-state index contributed by atoms with van der Waals surface area (Å²) in [5.74, 6) is 0.351. The van der Waals surface area contributed by atoms with Crippen LogP contribution in [0.1, 0.15) is 38.4 Å². The molecule has 1 atom stereocenters. The molecule has 1 aromatic carbocycles. The van der Waals surface area contributed by atoms with E-state index in [1.165, 1.54) is 27.4 Å². The number of carbonyl (C=O) groups is 2. The summed E-state index contributed by atoms with van der Waals surface area (Å²) in [6.07, 6.45) is 2.99. The monoisotopic (exact) mass is 366 g/mol. The van der Waals surface area contributed by atoms with Crippen LogP contribution in [0, 0.1) is 0 Å². The molecule has 1 aromatic rings. The molecule has 1 rings (SSSR count). The molecule has 1 unspecified atom stereocenters. The summed E-state index contributed by atoms with van der Waals surface area (Å²) < 4.78 is 26.6. The Kier molecular flexibility index (Phi) is 9.05. The van der Waals surface area contributed by atoms with Crippen LogP contribution in [-0.4, -0.2) is 39.9 Å². The molecule has 0 bridgehead atoms. The molecule has 0 saturated carbocycles. The molecule has 0 saturated heterocycles. The van der Waals surface area contributed by atoms with Crippen LogP contribution < -0.4 is 14.2 Å². The third kappa shape index (κ3) is 5.98. The van der Waals surface area contributed by atoms with Gasteiger partial charge < -0.3 is 23.7 Å². The Morgan fingerprint density at radius 2 is 1.69 bits per heavy atom. The van der Waals surface area contributed by atoms with E-state index in [9.17, 15) is 9.59 Å². The molecule has 7 heteroatoms. The normalized spacial score (nSPS) is 11.7. The van der Waals surface area contributed by atoms with Crippen molar-refractivity contribution >= 4 is 11.9 Å². The standard InChI is InChI=1S/C19H26O7/c1-6-8-17(20)25-12-16(26-18(21)9-7-2)13-10-14(22-3)19(24-5)15(11-13)23-4/h6,8,10-11,16H,7,9,12H2,1-5H3/b8-6+. The Morgan fingerprint density at radius 3 is 2.15 bits per heavy atom. The molecule has 0 heterocycles. The van der Waals surface area contributed by atoms with Crippen molar-refractivity contribution in [2.24, 2.45) is 0 Å². The van der Waals surface area contributed by atoms with Gasteiger partial charge in [0, 0.05) is 18.1 Å². The van der Waals surface area contributed by atoms with Gasteiger partial charge in [-0.15, -0.1) is 0 Å². The highest BCUT2D eigenvalue weighted by molar-refractivity contribution is 5.81. The zero-order chi connectivity index (χ0) is 19.5. The molecular formula is C19H26O7. The number of hydrogen-bond donors (Lipinski definition) is 0. The molecule has 0 N–H and O–H groups in total. The predicted molar refractivity (Wildman–Crippen MR) is 95.6 cm³/mol. The molecule has 0 fully saturated rings. The lowest BCUT2D eigenvalue weighted by Crippen LogP contribution is -2.18. The van der Waals surface area contributed by atoms with Crippen molar-refractivity contribution in [1.29, 1.82) is 0 Å². The molecule has 0 aliphatic carbocycles. The van der Waals surface area contributed by atoms with Crippen molar-refractivity contribution < 1.29 is 33.3 Å². The molecule has 0 aliphatic heterocycles. The number of methoxy groups -OCH3 is 3. The van der Waals surface area contributed by atoms with E-state index in [2.05, 4.69) is 0 Å². The van der Waals surface area contributed by atoms with Gasteiger partial charge in [-0.1, -0.05) is 13.0 Å². The summed E-state index contributed by atoms with van der Waals surface area (Å²) in [6, 6.07) is 3.32. The maximum Gasteiger partial charge on any atom is 0.330 e. The van der Waals surface area contributed by atoms with Crippen molar-refractivity contribution in [3.63, 3.8) is 0 Å². The maximum atomic E-state index is 12.0. The van der Waals surface area contributed by atoms with Gasteiger partial charge in [-0.3, -0.25) is 4.79 Å². The second-order valence-corrected chi connectivity index (χ2v) is 5.32. The van der Waals surface area contributed by atoms with E-state index < -0.39 is 12.1 Å². The van der Waals surface area contributed by atoms with Crippen LogP contribution in [0.2, 0.25) is 0 Å². The highest BCUT2D eigenvalue weighted by atomic mass is 16.6. The van der Waals surface area contributed by atoms with E-state index >= 15 is 0 Å². The highest BCUT2D eigenvalue weighted by Crippen LogP contribution is 2.40. The van der Waals surface area contributed by atoms with Gasteiger partial charge in [-0.25, -0.2) is 4.79 Å². The van der Waals surface area contributed by atoms with Crippen molar-refractivity contribution in [2.75, 3.05) is 27.9 Å². The number of benzene rings is 1. The summed E-state index contributed by atoms with van der Waals surface area (Å²) in [7, 11) is 4.48. The minimum atomic E-state index is -0.794. The average Bonchev–Trinajstić information content (AvgIpc) is 2.64. The van der Waals surface area contributed by atoms with Gasteiger partial charge in [0.15, 0.2) is 17.6 Å². The van der Waals surface area contributed by atoms with E-state index in [0.717, 1.165) is 0 Å². The van der Waals surface area contributed by atoms with E-state index in [-0.39, 0.29) is 19.0 Å². The number of esters is 2. The van der Waals surface area contributed by atoms with Crippen molar-refractivity contribution in [3.05, 3.63) is 29.8 Å². The quantitative estimate of drug-likeness (QED) is 0.464. The van der Waals surface area contributed by atoms with Crippen LogP contribution in [0.3, 0.4) is 0 Å². The minimum Gasteiger partial charge on any atom is -0.493 e. The lowest BCUT2D eigenvalue weighted by atomic mass is 10.1. The smallest absolute Gasteiger partial charge is 0.330 e. The molecule has 0 radical (unpaired) electrons. The van der Waals surface area contributed by atoms with E-state index in [0.29, 0.717) is 29.2 Å². The minimum absolute atomic E-state index is 0.128. The molecule has 0 aliphatic rings. The molecule has 0 aromatic heterocycles. The van der Waals surface area contributed by atoms with Gasteiger partial charge in [0.05, 0.1) is 21.3 Å². The fourth-order valence-electron chi connectivity index (χ4n) is 2.25. The maximum absolute atomic E-state index is 12.0. The van der Waals surface area contributed by atoms with Crippen molar-refractivity contribution in [3.8, 4) is 17.2 Å². The topological polar surface area (TPSA) is 80.3 Å². The van der Waals surface area contributed by atoms with Crippen LogP contribution in [-0.2, 0) is 19.1 Å². The lowest BCUT2D eigenvalue weighted by Gasteiger charge is -2.21. The lowest BCUT2D eigenvalue weighted by molar-refractivity contribution is -0.157. The highest BCUT2D eigenvalue weighted by Gasteiger charge is 2.23. The molecule has 0 spiro atoms. The number of ether oxygens (including phenoxy) is 5. The number of hydrogen-bond acceptors (Lipinski definition) is 7. The Morgan fingerprint density at radius 1 is 1.08 bits per heavy atom. The predicted octanol–water partition coefficient (Wildman–Crippen LogP) is 3.22. The second kappa shape index (κ2) is 11.0. The summed E-state index contributed by atoms with van der Waals surface area (Å²) in [6.45, 7) is 3.46. The Labute approximate surface area is 153 Å². The Balaban J connectivity index is 3.18. The molecular weight excluding hydrogens is 340 g/mol. The molecule has 144 valence electrons. The first-order valence-corrected chi connectivity index (χ1v) is 8.29. The fraction of sp³-hybridized carbons (Fsp3) is 0.474. The van der Waals surface area contributed by atoms with Crippen LogP contribution in [0.25, 0.3) is 0 Å². The second-order valence-electron chi connectivity index (χ2n) is 5.32. The van der Waals surface area contributed by atoms with E-state index in [1.807, 2.05) is 6.92 Å². The first kappa shape index (κ1) is 21.3. The van der Waals surface area contributed by atoms with E-state index in [1.54, 1.807) is 25.1 Å². The van der Waals surface area contributed by atoms with Gasteiger partial charge in [0.1, 0.15) is 6.61 Å². The van der Waals surface area contributed by atoms with Gasteiger partial charge >= 0.3 is 11.9 Å². The number of rotatable bonds is 10. The molecule has 7 nitrogen and oxygen atoms in total. The van der Waals surface area contributed by atoms with Crippen LogP contribution in [0.5, 0.6) is 17.2 Å². The SMILES string of the molecule is C/C=C/C(=O)OCC(OC(=O)CCC)c1cc(OC)c(OC)c(OC)c1. The molecule has 26 heavy (non-hydrogen) atoms. The fourth-order valence-corrected chi connectivity index (χ4v) is 2.25. The zero-order valence-electron chi connectivity index (χ0n) is 15.9. The Hall–Kier alpha value is -2.70. The summed E-state index contributed by atoms with van der Waals surface area (Å²) in [4.78, 5) is 23.6. The van der Waals surface area contributed by atoms with Gasteiger partial charge in [-0.05, 0) is 25.5 Å². The first-order chi connectivity index (χ1) is 12.5. The van der Waals surface area contributed by atoms with Gasteiger partial charge in [0.2, 0.25) is 5.75 Å². The number of carbonyl (C=O) groups excluding carboxylic acids is 2.